The Bertz CT molecular complexity index is 658. The Morgan fingerprint density at radius 3 is 2.22 bits per heavy atom. The Morgan fingerprint density at radius 1 is 1.04 bits per heavy atom. The third kappa shape index (κ3) is 4.61. The maximum Gasteiger partial charge on any atom is 0.239 e. The van der Waals surface area contributed by atoms with Gasteiger partial charge in [-0.25, -0.2) is 0 Å². The van der Waals surface area contributed by atoms with Crippen molar-refractivity contribution in [1.29, 1.82) is 0 Å². The number of benzene rings is 1. The molecule has 2 fully saturated rings. The number of rotatable bonds is 4. The molecule has 2 heterocycles. The first-order chi connectivity index (χ1) is 12.9. The molecule has 0 aromatic heterocycles. The summed E-state index contributed by atoms with van der Waals surface area (Å²) in [7, 11) is 0. The van der Waals surface area contributed by atoms with Crippen LogP contribution in [0, 0.1) is 11.3 Å². The number of nitrogens with zero attached hydrogens (tertiary/aromatic N) is 2. The minimum Gasteiger partial charge on any atom is -0.378 e. The van der Waals surface area contributed by atoms with Crippen molar-refractivity contribution in [2.45, 2.75) is 33.6 Å². The molecule has 2 amide bonds. The molecule has 0 saturated carbocycles. The molecule has 6 nitrogen and oxygen atoms in total. The van der Waals surface area contributed by atoms with Crippen LogP contribution in [0.4, 0.5) is 11.4 Å². The summed E-state index contributed by atoms with van der Waals surface area (Å²) < 4.78 is 5.29. The quantitative estimate of drug-likeness (QED) is 0.825. The van der Waals surface area contributed by atoms with Gasteiger partial charge in [-0.05, 0) is 56.9 Å². The Balaban J connectivity index is 1.60. The minimum absolute atomic E-state index is 0.151. The van der Waals surface area contributed by atoms with Gasteiger partial charge in [-0.15, -0.1) is 0 Å². The van der Waals surface area contributed by atoms with Crippen LogP contribution in [0.1, 0.15) is 33.6 Å². The fourth-order valence-electron chi connectivity index (χ4n) is 3.57. The average Bonchev–Trinajstić information content (AvgIpc) is 2.69. The van der Waals surface area contributed by atoms with Crippen LogP contribution in [0.25, 0.3) is 0 Å². The molecule has 0 atom stereocenters. The smallest absolute Gasteiger partial charge is 0.239 e. The summed E-state index contributed by atoms with van der Waals surface area (Å²) in [5, 5.41) is 2.90. The van der Waals surface area contributed by atoms with E-state index in [0.717, 1.165) is 24.7 Å². The van der Waals surface area contributed by atoms with Gasteiger partial charge in [-0.1, -0.05) is 6.92 Å². The number of carbonyl (C=O) groups excluding carboxylic acids is 2. The first-order valence-electron chi connectivity index (χ1n) is 9.91. The topological polar surface area (TPSA) is 61.9 Å². The second kappa shape index (κ2) is 8.30. The summed E-state index contributed by atoms with van der Waals surface area (Å²) in [4.78, 5) is 29.6. The number of ether oxygens (including phenoxy) is 1. The van der Waals surface area contributed by atoms with E-state index >= 15 is 0 Å². The molecule has 0 unspecified atom stereocenters. The first kappa shape index (κ1) is 19.7. The molecule has 6 heteroatoms. The van der Waals surface area contributed by atoms with Gasteiger partial charge in [0.2, 0.25) is 11.8 Å². The van der Waals surface area contributed by atoms with Crippen LogP contribution in [-0.4, -0.2) is 56.1 Å². The molecular formula is C21H31N3O3. The van der Waals surface area contributed by atoms with Crippen molar-refractivity contribution in [2.24, 2.45) is 11.3 Å². The predicted molar refractivity (Wildman–Crippen MR) is 107 cm³/mol. The Labute approximate surface area is 161 Å². The second-order valence-electron chi connectivity index (χ2n) is 8.20. The highest BCUT2D eigenvalue weighted by Gasteiger charge is 2.39. The van der Waals surface area contributed by atoms with E-state index in [0.29, 0.717) is 26.3 Å². The van der Waals surface area contributed by atoms with Gasteiger partial charge in [0.1, 0.15) is 5.41 Å². The normalized spacial score (nSPS) is 19.1. The zero-order chi connectivity index (χ0) is 19.4. The first-order valence-corrected chi connectivity index (χ1v) is 9.91. The Morgan fingerprint density at radius 2 is 1.63 bits per heavy atom. The van der Waals surface area contributed by atoms with Gasteiger partial charge in [0, 0.05) is 37.6 Å². The van der Waals surface area contributed by atoms with Gasteiger partial charge in [0.05, 0.1) is 13.2 Å². The fraction of sp³-hybridized carbons (Fsp3) is 0.619. The molecule has 2 aliphatic heterocycles. The largest absolute Gasteiger partial charge is 0.378 e. The van der Waals surface area contributed by atoms with Crippen LogP contribution < -0.4 is 10.2 Å². The third-order valence-corrected chi connectivity index (χ3v) is 5.67. The van der Waals surface area contributed by atoms with E-state index in [1.165, 1.54) is 18.5 Å². The van der Waals surface area contributed by atoms with E-state index in [2.05, 4.69) is 17.1 Å². The molecule has 3 rings (SSSR count). The summed E-state index contributed by atoms with van der Waals surface area (Å²) in [6, 6.07) is 7.92. The van der Waals surface area contributed by atoms with Gasteiger partial charge in [0.25, 0.3) is 0 Å². The lowest BCUT2D eigenvalue weighted by Crippen LogP contribution is -2.51. The van der Waals surface area contributed by atoms with Crippen molar-refractivity contribution in [3.8, 4) is 0 Å². The molecule has 2 saturated heterocycles. The van der Waals surface area contributed by atoms with Crippen molar-refractivity contribution in [2.75, 3.05) is 49.6 Å². The molecule has 0 bridgehead atoms. The second-order valence-corrected chi connectivity index (χ2v) is 8.20. The van der Waals surface area contributed by atoms with Crippen molar-refractivity contribution in [3.05, 3.63) is 24.3 Å². The lowest BCUT2D eigenvalue weighted by molar-refractivity contribution is -0.149. The molecule has 1 aromatic carbocycles. The van der Waals surface area contributed by atoms with Crippen molar-refractivity contribution in [1.82, 2.24) is 4.90 Å². The monoisotopic (exact) mass is 373 g/mol. The zero-order valence-electron chi connectivity index (χ0n) is 16.7. The van der Waals surface area contributed by atoms with E-state index in [-0.39, 0.29) is 11.8 Å². The van der Waals surface area contributed by atoms with Crippen LogP contribution in [0.2, 0.25) is 0 Å². The summed E-state index contributed by atoms with van der Waals surface area (Å²) in [5.74, 6) is 0.368. The number of hydrogen-bond acceptors (Lipinski definition) is 4. The van der Waals surface area contributed by atoms with Gasteiger partial charge < -0.3 is 19.9 Å². The Kier molecular flexibility index (Phi) is 6.05. The van der Waals surface area contributed by atoms with Crippen LogP contribution >= 0.6 is 0 Å². The third-order valence-electron chi connectivity index (χ3n) is 5.67. The summed E-state index contributed by atoms with van der Waals surface area (Å²) in [6.07, 6.45) is 2.44. The highest BCUT2D eigenvalue weighted by atomic mass is 16.5. The number of anilines is 2. The van der Waals surface area contributed by atoms with Crippen LogP contribution in [0.5, 0.6) is 0 Å². The van der Waals surface area contributed by atoms with Crippen LogP contribution in [-0.2, 0) is 14.3 Å². The zero-order valence-corrected chi connectivity index (χ0v) is 16.7. The predicted octanol–water partition coefficient (Wildman–Crippen LogP) is 2.75. The maximum absolute atomic E-state index is 12.7. The molecule has 1 aromatic rings. The SMILES string of the molecule is CC1CCN(c2ccc(NC(=O)C(C)(C)C(=O)N3CCOCC3)cc2)CC1. The fourth-order valence-corrected chi connectivity index (χ4v) is 3.57. The van der Waals surface area contributed by atoms with E-state index in [1.54, 1.807) is 18.7 Å². The van der Waals surface area contributed by atoms with Gasteiger partial charge in [0.15, 0.2) is 0 Å². The van der Waals surface area contributed by atoms with Crippen molar-refractivity contribution >= 4 is 23.2 Å². The van der Waals surface area contributed by atoms with Crippen molar-refractivity contribution in [3.63, 3.8) is 0 Å². The van der Waals surface area contributed by atoms with Crippen LogP contribution in [0.15, 0.2) is 24.3 Å². The van der Waals surface area contributed by atoms with E-state index in [1.807, 2.05) is 24.3 Å². The summed E-state index contributed by atoms with van der Waals surface area (Å²) >= 11 is 0. The summed E-state index contributed by atoms with van der Waals surface area (Å²) in [6.45, 7) is 9.96. The lowest BCUT2D eigenvalue weighted by Gasteiger charge is -2.33. The van der Waals surface area contributed by atoms with E-state index in [4.69, 9.17) is 4.74 Å². The molecule has 1 N–H and O–H groups in total. The van der Waals surface area contributed by atoms with Crippen LogP contribution in [0.3, 0.4) is 0 Å². The molecule has 27 heavy (non-hydrogen) atoms. The number of carbonyl (C=O) groups is 2. The molecule has 148 valence electrons. The number of morpholine rings is 1. The highest BCUT2D eigenvalue weighted by Crippen LogP contribution is 2.26. The van der Waals surface area contributed by atoms with E-state index in [9.17, 15) is 9.59 Å². The van der Waals surface area contributed by atoms with Crippen molar-refractivity contribution < 1.29 is 14.3 Å². The molecule has 0 spiro atoms. The highest BCUT2D eigenvalue weighted by molar-refractivity contribution is 6.09. The number of piperidine rings is 1. The standard InChI is InChI=1S/C21H31N3O3/c1-16-8-10-23(11-9-16)18-6-4-17(5-7-18)22-19(25)21(2,3)20(26)24-12-14-27-15-13-24/h4-7,16H,8-15H2,1-3H3,(H,22,25). The minimum atomic E-state index is -1.11. The van der Waals surface area contributed by atoms with E-state index < -0.39 is 5.41 Å². The molecule has 0 aliphatic carbocycles. The Hall–Kier alpha value is -2.08. The maximum atomic E-state index is 12.7. The van der Waals surface area contributed by atoms with Gasteiger partial charge in [-0.3, -0.25) is 9.59 Å². The number of hydrogen-bond donors (Lipinski definition) is 1. The number of amides is 2. The molecule has 0 radical (unpaired) electrons. The molecular weight excluding hydrogens is 342 g/mol. The van der Waals surface area contributed by atoms with Gasteiger partial charge in [-0.2, -0.15) is 0 Å². The summed E-state index contributed by atoms with van der Waals surface area (Å²) in [5.41, 5.74) is 0.791. The lowest BCUT2D eigenvalue weighted by atomic mass is 9.90. The molecule has 2 aliphatic rings. The average molecular weight is 373 g/mol. The number of nitrogens with one attached hydrogen (secondary N) is 1. The van der Waals surface area contributed by atoms with Gasteiger partial charge >= 0.3 is 0 Å².